The Hall–Kier alpha value is -1.81. The number of carbonyl (C=O) groups is 1. The Bertz CT molecular complexity index is 684. The SMILES string of the molecule is NC1(C(=O)N2CCc3[nH]c4ccccc4c3C2)CCC1. The van der Waals surface area contributed by atoms with Crippen molar-refractivity contribution in [3.63, 3.8) is 0 Å². The Morgan fingerprint density at radius 3 is 2.85 bits per heavy atom. The van der Waals surface area contributed by atoms with Gasteiger partial charge >= 0.3 is 0 Å². The van der Waals surface area contributed by atoms with Crippen molar-refractivity contribution in [3.05, 3.63) is 35.5 Å². The Balaban J connectivity index is 1.67. The molecular weight excluding hydrogens is 250 g/mol. The van der Waals surface area contributed by atoms with Gasteiger partial charge in [-0.25, -0.2) is 0 Å². The van der Waals surface area contributed by atoms with E-state index in [1.54, 1.807) is 0 Å². The van der Waals surface area contributed by atoms with Crippen molar-refractivity contribution in [2.45, 2.75) is 37.8 Å². The summed E-state index contributed by atoms with van der Waals surface area (Å²) in [6.45, 7) is 1.47. The lowest BCUT2D eigenvalue weighted by atomic mass is 9.76. The van der Waals surface area contributed by atoms with Gasteiger partial charge in [0.05, 0.1) is 5.54 Å². The summed E-state index contributed by atoms with van der Waals surface area (Å²) in [5, 5.41) is 1.24. The summed E-state index contributed by atoms with van der Waals surface area (Å²) in [5.41, 5.74) is 9.31. The number of hydrogen-bond acceptors (Lipinski definition) is 2. The van der Waals surface area contributed by atoms with Gasteiger partial charge in [-0.1, -0.05) is 18.2 Å². The number of amides is 1. The number of nitrogens with one attached hydrogen (secondary N) is 1. The van der Waals surface area contributed by atoms with Crippen LogP contribution in [0.5, 0.6) is 0 Å². The maximum atomic E-state index is 12.6. The van der Waals surface area contributed by atoms with Gasteiger partial charge in [0, 0.05) is 41.7 Å². The van der Waals surface area contributed by atoms with Crippen LogP contribution in [0.1, 0.15) is 30.5 Å². The summed E-state index contributed by atoms with van der Waals surface area (Å²) in [7, 11) is 0. The fourth-order valence-corrected chi connectivity index (χ4v) is 3.43. The van der Waals surface area contributed by atoms with E-state index in [0.29, 0.717) is 6.54 Å². The topological polar surface area (TPSA) is 62.1 Å². The third-order valence-corrected chi connectivity index (χ3v) is 4.84. The molecule has 1 fully saturated rings. The molecule has 1 aromatic heterocycles. The molecule has 4 rings (SSSR count). The average Bonchev–Trinajstić information content (AvgIpc) is 2.81. The van der Waals surface area contributed by atoms with Gasteiger partial charge in [-0.3, -0.25) is 4.79 Å². The van der Waals surface area contributed by atoms with Gasteiger partial charge in [-0.15, -0.1) is 0 Å². The highest BCUT2D eigenvalue weighted by Crippen LogP contribution is 2.34. The van der Waals surface area contributed by atoms with Crippen LogP contribution < -0.4 is 5.73 Å². The number of aromatic amines is 1. The minimum absolute atomic E-state index is 0.139. The van der Waals surface area contributed by atoms with E-state index in [2.05, 4.69) is 17.1 Å². The van der Waals surface area contributed by atoms with Gasteiger partial charge in [0.2, 0.25) is 5.91 Å². The Kier molecular flexibility index (Phi) is 2.45. The molecular formula is C16H19N3O. The molecule has 3 N–H and O–H groups in total. The van der Waals surface area contributed by atoms with E-state index in [4.69, 9.17) is 5.73 Å². The normalized spacial score (nSPS) is 20.6. The first-order valence-corrected chi connectivity index (χ1v) is 7.34. The Morgan fingerprint density at radius 2 is 2.10 bits per heavy atom. The Morgan fingerprint density at radius 1 is 1.30 bits per heavy atom. The molecule has 2 aliphatic rings. The van der Waals surface area contributed by atoms with Crippen LogP contribution in [0.2, 0.25) is 0 Å². The molecule has 2 aromatic rings. The van der Waals surface area contributed by atoms with Crippen LogP contribution in [0.25, 0.3) is 10.9 Å². The van der Waals surface area contributed by atoms with E-state index in [-0.39, 0.29) is 5.91 Å². The maximum absolute atomic E-state index is 12.6. The zero-order chi connectivity index (χ0) is 13.7. The molecule has 1 aliphatic carbocycles. The van der Waals surface area contributed by atoms with Crippen LogP contribution >= 0.6 is 0 Å². The van der Waals surface area contributed by atoms with Crippen molar-refractivity contribution in [1.82, 2.24) is 9.88 Å². The van der Waals surface area contributed by atoms with E-state index < -0.39 is 5.54 Å². The fraction of sp³-hybridized carbons (Fsp3) is 0.438. The highest BCUT2D eigenvalue weighted by atomic mass is 16.2. The summed E-state index contributed by atoms with van der Waals surface area (Å²) in [5.74, 6) is 0.139. The lowest BCUT2D eigenvalue weighted by Crippen LogP contribution is -2.60. The maximum Gasteiger partial charge on any atom is 0.242 e. The number of hydrogen-bond donors (Lipinski definition) is 2. The van der Waals surface area contributed by atoms with Crippen LogP contribution in [0.3, 0.4) is 0 Å². The zero-order valence-electron chi connectivity index (χ0n) is 11.5. The molecule has 0 bridgehead atoms. The van der Waals surface area contributed by atoms with Gasteiger partial charge in [0.1, 0.15) is 0 Å². The molecule has 2 heterocycles. The van der Waals surface area contributed by atoms with Gasteiger partial charge in [-0.05, 0) is 25.3 Å². The number of H-pyrrole nitrogens is 1. The molecule has 20 heavy (non-hydrogen) atoms. The molecule has 1 amide bonds. The van der Waals surface area contributed by atoms with Crippen molar-refractivity contribution in [1.29, 1.82) is 0 Å². The molecule has 1 aliphatic heterocycles. The number of aromatic nitrogens is 1. The molecule has 104 valence electrons. The smallest absolute Gasteiger partial charge is 0.242 e. The molecule has 1 aromatic carbocycles. The van der Waals surface area contributed by atoms with Crippen LogP contribution in [-0.2, 0) is 17.8 Å². The molecule has 4 heteroatoms. The van der Waals surface area contributed by atoms with E-state index >= 15 is 0 Å². The number of nitrogens with zero attached hydrogens (tertiary/aromatic N) is 1. The van der Waals surface area contributed by atoms with Crippen molar-refractivity contribution in [2.75, 3.05) is 6.54 Å². The average molecular weight is 269 g/mol. The predicted octanol–water partition coefficient (Wildman–Crippen LogP) is 1.93. The largest absolute Gasteiger partial charge is 0.358 e. The minimum atomic E-state index is -0.580. The minimum Gasteiger partial charge on any atom is -0.358 e. The van der Waals surface area contributed by atoms with E-state index in [1.165, 1.54) is 16.6 Å². The summed E-state index contributed by atoms with van der Waals surface area (Å²) in [6, 6.07) is 8.31. The van der Waals surface area contributed by atoms with Crippen LogP contribution in [-0.4, -0.2) is 27.9 Å². The number of benzene rings is 1. The summed E-state index contributed by atoms with van der Waals surface area (Å²) >= 11 is 0. The summed E-state index contributed by atoms with van der Waals surface area (Å²) in [4.78, 5) is 18.0. The molecule has 0 unspecified atom stereocenters. The highest BCUT2D eigenvalue weighted by Gasteiger charge is 2.43. The van der Waals surface area contributed by atoms with Crippen LogP contribution in [0.15, 0.2) is 24.3 Å². The van der Waals surface area contributed by atoms with Crippen molar-refractivity contribution >= 4 is 16.8 Å². The summed E-state index contributed by atoms with van der Waals surface area (Å²) < 4.78 is 0. The summed E-state index contributed by atoms with van der Waals surface area (Å²) in [6.07, 6.45) is 3.65. The van der Waals surface area contributed by atoms with Crippen molar-refractivity contribution < 1.29 is 4.79 Å². The highest BCUT2D eigenvalue weighted by molar-refractivity contribution is 5.89. The lowest BCUT2D eigenvalue weighted by Gasteiger charge is -2.41. The molecule has 0 saturated heterocycles. The molecule has 0 spiro atoms. The quantitative estimate of drug-likeness (QED) is 0.831. The second-order valence-electron chi connectivity index (χ2n) is 6.11. The van der Waals surface area contributed by atoms with E-state index in [9.17, 15) is 4.79 Å². The van der Waals surface area contributed by atoms with Gasteiger partial charge in [0.15, 0.2) is 0 Å². The third kappa shape index (κ3) is 1.61. The molecule has 0 atom stereocenters. The molecule has 1 saturated carbocycles. The van der Waals surface area contributed by atoms with Crippen molar-refractivity contribution in [2.24, 2.45) is 5.73 Å². The van der Waals surface area contributed by atoms with Gasteiger partial charge in [-0.2, -0.15) is 0 Å². The van der Waals surface area contributed by atoms with Gasteiger partial charge in [0.25, 0.3) is 0 Å². The monoisotopic (exact) mass is 269 g/mol. The standard InChI is InChI=1S/C16H19N3O/c17-16(7-3-8-16)15(20)19-9-6-14-12(10-19)11-4-1-2-5-13(11)18-14/h1-2,4-5,18H,3,6-10,17H2. The number of para-hydroxylation sites is 1. The van der Waals surface area contributed by atoms with Crippen LogP contribution in [0.4, 0.5) is 0 Å². The second kappa shape index (κ2) is 4.09. The second-order valence-corrected chi connectivity index (χ2v) is 6.11. The first-order chi connectivity index (χ1) is 9.67. The number of nitrogens with two attached hydrogens (primary N) is 1. The Labute approximate surface area is 117 Å². The van der Waals surface area contributed by atoms with Crippen LogP contribution in [0, 0.1) is 0 Å². The zero-order valence-corrected chi connectivity index (χ0v) is 11.5. The molecule has 0 radical (unpaired) electrons. The predicted molar refractivity (Wildman–Crippen MR) is 78.2 cm³/mol. The number of fused-ring (bicyclic) bond motifs is 3. The van der Waals surface area contributed by atoms with Crippen molar-refractivity contribution in [3.8, 4) is 0 Å². The first kappa shape index (κ1) is 12.0. The van der Waals surface area contributed by atoms with E-state index in [1.807, 2.05) is 17.0 Å². The fourth-order valence-electron chi connectivity index (χ4n) is 3.43. The third-order valence-electron chi connectivity index (χ3n) is 4.84. The van der Waals surface area contributed by atoms with E-state index in [0.717, 1.165) is 37.7 Å². The molecule has 4 nitrogen and oxygen atoms in total. The number of carbonyl (C=O) groups excluding carboxylic acids is 1. The van der Waals surface area contributed by atoms with Gasteiger partial charge < -0.3 is 15.6 Å². The first-order valence-electron chi connectivity index (χ1n) is 7.34. The lowest BCUT2D eigenvalue weighted by molar-refractivity contribution is -0.141. The number of rotatable bonds is 1.